The number of rotatable bonds is 2. The summed E-state index contributed by atoms with van der Waals surface area (Å²) in [7, 11) is 0. The van der Waals surface area contributed by atoms with E-state index < -0.39 is 0 Å². The summed E-state index contributed by atoms with van der Waals surface area (Å²) < 4.78 is 0. The monoisotopic (exact) mass is 261 g/mol. The number of phenols is 1. The molecule has 3 nitrogen and oxygen atoms in total. The first-order valence-electron chi connectivity index (χ1n) is 5.43. The second-order valence-electron chi connectivity index (χ2n) is 3.91. The lowest BCUT2D eigenvalue weighted by Crippen LogP contribution is -2.13. The molecule has 18 heavy (non-hydrogen) atoms. The molecule has 0 heterocycles. The maximum absolute atomic E-state index is 12.0. The number of benzene rings is 2. The Morgan fingerprint density at radius 2 is 1.94 bits per heavy atom. The molecule has 0 unspecified atom stereocenters. The summed E-state index contributed by atoms with van der Waals surface area (Å²) in [6.07, 6.45) is 0. The second-order valence-corrected chi connectivity index (χ2v) is 4.35. The fourth-order valence-electron chi connectivity index (χ4n) is 1.63. The van der Waals surface area contributed by atoms with Gasteiger partial charge in [-0.15, -0.1) is 0 Å². The minimum atomic E-state index is -0.273. The number of phenolic OH excluding ortho intramolecular Hbond substituents is 1. The summed E-state index contributed by atoms with van der Waals surface area (Å²) in [4.78, 5) is 12.0. The fourth-order valence-corrected chi connectivity index (χ4v) is 1.82. The molecule has 2 N–H and O–H groups in total. The van der Waals surface area contributed by atoms with Crippen LogP contribution in [0.5, 0.6) is 5.75 Å². The molecule has 0 fully saturated rings. The number of anilines is 1. The van der Waals surface area contributed by atoms with Crippen molar-refractivity contribution in [3.63, 3.8) is 0 Å². The third-order valence-corrected chi connectivity index (χ3v) is 2.87. The number of hydrogen-bond donors (Lipinski definition) is 2. The van der Waals surface area contributed by atoms with Gasteiger partial charge in [-0.3, -0.25) is 4.79 Å². The topological polar surface area (TPSA) is 49.3 Å². The van der Waals surface area contributed by atoms with Crippen LogP contribution in [0.2, 0.25) is 5.02 Å². The zero-order valence-electron chi connectivity index (χ0n) is 9.77. The molecule has 2 aromatic carbocycles. The second kappa shape index (κ2) is 5.10. The van der Waals surface area contributed by atoms with E-state index in [1.165, 1.54) is 0 Å². The van der Waals surface area contributed by atoms with Gasteiger partial charge < -0.3 is 10.4 Å². The van der Waals surface area contributed by atoms with Crippen molar-refractivity contribution in [2.45, 2.75) is 6.92 Å². The number of aromatic hydroxyl groups is 1. The highest BCUT2D eigenvalue weighted by Crippen LogP contribution is 2.21. The lowest BCUT2D eigenvalue weighted by molar-refractivity contribution is 0.102. The number of hydrogen-bond acceptors (Lipinski definition) is 2. The zero-order valence-corrected chi connectivity index (χ0v) is 10.5. The highest BCUT2D eigenvalue weighted by molar-refractivity contribution is 6.31. The molecule has 1 amide bonds. The quantitative estimate of drug-likeness (QED) is 0.868. The summed E-state index contributed by atoms with van der Waals surface area (Å²) in [5, 5.41) is 12.8. The average Bonchev–Trinajstić information content (AvgIpc) is 2.32. The van der Waals surface area contributed by atoms with E-state index >= 15 is 0 Å². The van der Waals surface area contributed by atoms with E-state index in [1.807, 2.05) is 0 Å². The Balaban J connectivity index is 2.25. The lowest BCUT2D eigenvalue weighted by Gasteiger charge is -2.08. The maximum Gasteiger partial charge on any atom is 0.256 e. The van der Waals surface area contributed by atoms with Crippen molar-refractivity contribution >= 4 is 23.2 Å². The van der Waals surface area contributed by atoms with Gasteiger partial charge >= 0.3 is 0 Å². The van der Waals surface area contributed by atoms with E-state index in [0.717, 1.165) is 0 Å². The van der Waals surface area contributed by atoms with Crippen molar-refractivity contribution in [3.8, 4) is 5.75 Å². The van der Waals surface area contributed by atoms with Gasteiger partial charge in [0, 0.05) is 21.8 Å². The summed E-state index contributed by atoms with van der Waals surface area (Å²) in [5.74, 6) is -0.167. The molecule has 0 aromatic heterocycles. The Labute approximate surface area is 110 Å². The Bertz CT molecular complexity index is 596. The predicted molar refractivity (Wildman–Crippen MR) is 72.2 cm³/mol. The summed E-state index contributed by atoms with van der Waals surface area (Å²) >= 11 is 5.84. The molecule has 2 rings (SSSR count). The fraction of sp³-hybridized carbons (Fsp3) is 0.0714. The number of carbonyl (C=O) groups is 1. The van der Waals surface area contributed by atoms with Gasteiger partial charge in [0.2, 0.25) is 0 Å². The van der Waals surface area contributed by atoms with Gasteiger partial charge in [-0.2, -0.15) is 0 Å². The largest absolute Gasteiger partial charge is 0.508 e. The van der Waals surface area contributed by atoms with Gasteiger partial charge in [0.15, 0.2) is 0 Å². The predicted octanol–water partition coefficient (Wildman–Crippen LogP) is 3.61. The summed E-state index contributed by atoms with van der Waals surface area (Å²) in [5.41, 5.74) is 1.61. The molecule has 0 saturated carbocycles. The first kappa shape index (κ1) is 12.5. The van der Waals surface area contributed by atoms with Gasteiger partial charge in [-0.1, -0.05) is 23.7 Å². The van der Waals surface area contributed by atoms with Gasteiger partial charge in [-0.05, 0) is 37.3 Å². The molecule has 4 heteroatoms. The van der Waals surface area contributed by atoms with E-state index in [0.29, 0.717) is 21.8 Å². The average molecular weight is 262 g/mol. The van der Waals surface area contributed by atoms with Crippen molar-refractivity contribution < 1.29 is 9.90 Å². The number of nitrogens with one attached hydrogen (secondary N) is 1. The van der Waals surface area contributed by atoms with Crippen molar-refractivity contribution in [2.24, 2.45) is 0 Å². The minimum Gasteiger partial charge on any atom is -0.508 e. The molecule has 0 aliphatic carbocycles. The van der Waals surface area contributed by atoms with Crippen LogP contribution in [-0.4, -0.2) is 11.0 Å². The van der Waals surface area contributed by atoms with Crippen molar-refractivity contribution in [3.05, 3.63) is 58.6 Å². The Kier molecular flexibility index (Phi) is 3.53. The van der Waals surface area contributed by atoms with Crippen molar-refractivity contribution in [1.82, 2.24) is 0 Å². The molecule has 92 valence electrons. The van der Waals surface area contributed by atoms with Gasteiger partial charge in [0.1, 0.15) is 5.75 Å². The first-order valence-corrected chi connectivity index (χ1v) is 5.81. The molecule has 0 spiro atoms. The zero-order chi connectivity index (χ0) is 13.1. The Hall–Kier alpha value is -2.00. The number of carbonyl (C=O) groups excluding carboxylic acids is 1. The molecular formula is C14H12ClNO2. The van der Waals surface area contributed by atoms with E-state index in [2.05, 4.69) is 5.32 Å². The van der Waals surface area contributed by atoms with Crippen LogP contribution >= 0.6 is 11.6 Å². The van der Waals surface area contributed by atoms with Crippen LogP contribution < -0.4 is 5.32 Å². The molecule has 0 bridgehead atoms. The molecule has 0 aliphatic rings. The summed E-state index contributed by atoms with van der Waals surface area (Å²) in [6.45, 7) is 1.70. The van der Waals surface area contributed by atoms with E-state index in [-0.39, 0.29) is 11.7 Å². The van der Waals surface area contributed by atoms with Gasteiger partial charge in [-0.25, -0.2) is 0 Å². The normalized spacial score (nSPS) is 10.1. The minimum absolute atomic E-state index is 0.105. The maximum atomic E-state index is 12.0. The standard InChI is InChI=1S/C14H12ClNO2/c1-9-12(6-3-7-13(9)17)14(18)16-11-5-2-4-10(15)8-11/h2-8,17H,1H3,(H,16,18). The lowest BCUT2D eigenvalue weighted by atomic mass is 10.1. The first-order chi connectivity index (χ1) is 8.58. The Morgan fingerprint density at radius 3 is 2.67 bits per heavy atom. The molecule has 2 aromatic rings. The van der Waals surface area contributed by atoms with Crippen LogP contribution in [0.15, 0.2) is 42.5 Å². The SMILES string of the molecule is Cc1c(O)cccc1C(=O)Nc1cccc(Cl)c1. The number of halogens is 1. The highest BCUT2D eigenvalue weighted by Gasteiger charge is 2.11. The number of amides is 1. The molecule has 0 atom stereocenters. The van der Waals surface area contributed by atoms with Crippen LogP contribution in [0.4, 0.5) is 5.69 Å². The third kappa shape index (κ3) is 2.63. The smallest absolute Gasteiger partial charge is 0.256 e. The van der Waals surface area contributed by atoms with Crippen LogP contribution in [0.3, 0.4) is 0 Å². The van der Waals surface area contributed by atoms with Crippen LogP contribution in [0.1, 0.15) is 15.9 Å². The van der Waals surface area contributed by atoms with Crippen molar-refractivity contribution in [1.29, 1.82) is 0 Å². The van der Waals surface area contributed by atoms with Crippen LogP contribution in [0, 0.1) is 6.92 Å². The van der Waals surface area contributed by atoms with Gasteiger partial charge in [0.05, 0.1) is 0 Å². The highest BCUT2D eigenvalue weighted by atomic mass is 35.5. The molecule has 0 saturated heterocycles. The van der Waals surface area contributed by atoms with E-state index in [4.69, 9.17) is 11.6 Å². The molecule has 0 radical (unpaired) electrons. The summed E-state index contributed by atoms with van der Waals surface area (Å²) in [6, 6.07) is 11.7. The van der Waals surface area contributed by atoms with E-state index in [1.54, 1.807) is 49.4 Å². The van der Waals surface area contributed by atoms with Gasteiger partial charge in [0.25, 0.3) is 5.91 Å². The molecule has 0 aliphatic heterocycles. The van der Waals surface area contributed by atoms with Crippen LogP contribution in [-0.2, 0) is 0 Å². The third-order valence-electron chi connectivity index (χ3n) is 2.63. The van der Waals surface area contributed by atoms with Crippen molar-refractivity contribution in [2.75, 3.05) is 5.32 Å². The van der Waals surface area contributed by atoms with E-state index in [9.17, 15) is 9.90 Å². The molecular weight excluding hydrogens is 250 g/mol. The Morgan fingerprint density at radius 1 is 1.22 bits per heavy atom. The van der Waals surface area contributed by atoms with Crippen LogP contribution in [0.25, 0.3) is 0 Å².